The third-order valence-electron chi connectivity index (χ3n) is 1.55. The fourth-order valence-electron chi connectivity index (χ4n) is 0.868. The predicted octanol–water partition coefficient (Wildman–Crippen LogP) is 2.42. The highest BCUT2D eigenvalue weighted by atomic mass is 19.2. The molecule has 1 nitrogen and oxygen atoms in total. The van der Waals surface area contributed by atoms with E-state index in [1.165, 1.54) is 0 Å². The van der Waals surface area contributed by atoms with Gasteiger partial charge in [-0.2, -0.15) is 0 Å². The van der Waals surface area contributed by atoms with Crippen LogP contribution in [0.3, 0.4) is 0 Å². The minimum Gasteiger partial charge on any atom is -0.286 e. The van der Waals surface area contributed by atoms with E-state index in [0.29, 0.717) is 13.0 Å². The summed E-state index contributed by atoms with van der Waals surface area (Å²) in [6.07, 6.45) is -0.821. The maximum absolute atomic E-state index is 12.7. The van der Waals surface area contributed by atoms with E-state index in [1.54, 1.807) is 6.92 Å². The number of alkyl halides is 2. The van der Waals surface area contributed by atoms with Gasteiger partial charge in [0.1, 0.15) is 6.17 Å². The van der Waals surface area contributed by atoms with Gasteiger partial charge in [-0.1, -0.05) is 26.7 Å². The van der Waals surface area contributed by atoms with E-state index in [0.717, 1.165) is 12.8 Å². The van der Waals surface area contributed by atoms with Crippen LogP contribution in [0.4, 0.5) is 8.78 Å². The maximum Gasteiger partial charge on any atom is 0.182 e. The number of rotatable bonds is 6. The fourth-order valence-corrected chi connectivity index (χ4v) is 0.868. The number of nitrogens with one attached hydrogen (secondary N) is 1. The second-order valence-electron chi connectivity index (χ2n) is 2.62. The lowest BCUT2D eigenvalue weighted by Crippen LogP contribution is -2.33. The summed E-state index contributed by atoms with van der Waals surface area (Å²) < 4.78 is 25.4. The van der Waals surface area contributed by atoms with E-state index in [-0.39, 0.29) is 0 Å². The van der Waals surface area contributed by atoms with Gasteiger partial charge in [0.15, 0.2) is 6.30 Å². The number of hydrogen-bond donors (Lipinski definition) is 1. The van der Waals surface area contributed by atoms with Gasteiger partial charge in [0, 0.05) is 0 Å². The van der Waals surface area contributed by atoms with Crippen LogP contribution in [0.15, 0.2) is 0 Å². The molecule has 0 saturated carbocycles. The Balaban J connectivity index is 3.38. The summed E-state index contributed by atoms with van der Waals surface area (Å²) in [6, 6.07) is 0. The van der Waals surface area contributed by atoms with Crippen LogP contribution in [0.25, 0.3) is 0 Å². The second-order valence-corrected chi connectivity index (χ2v) is 2.62. The molecule has 2 unspecified atom stereocenters. The Morgan fingerprint density at radius 1 is 1.27 bits per heavy atom. The molecule has 0 aliphatic heterocycles. The van der Waals surface area contributed by atoms with Gasteiger partial charge in [-0.15, -0.1) is 0 Å². The Morgan fingerprint density at radius 3 is 2.36 bits per heavy atom. The lowest BCUT2D eigenvalue weighted by atomic mass is 10.2. The van der Waals surface area contributed by atoms with Gasteiger partial charge < -0.3 is 0 Å². The first kappa shape index (κ1) is 10.8. The van der Waals surface area contributed by atoms with Crippen molar-refractivity contribution in [3.8, 4) is 0 Å². The Kier molecular flexibility index (Phi) is 6.42. The Hall–Kier alpha value is -0.180. The SMILES string of the molecule is CCCCC(F)C(F)NCC. The third kappa shape index (κ3) is 5.13. The van der Waals surface area contributed by atoms with Gasteiger partial charge >= 0.3 is 0 Å². The highest BCUT2D eigenvalue weighted by Gasteiger charge is 2.17. The summed E-state index contributed by atoms with van der Waals surface area (Å²) in [6.45, 7) is 4.21. The molecule has 11 heavy (non-hydrogen) atoms. The topological polar surface area (TPSA) is 12.0 Å². The molecule has 0 aliphatic rings. The molecular weight excluding hydrogens is 148 g/mol. The summed E-state index contributed by atoms with van der Waals surface area (Å²) >= 11 is 0. The second kappa shape index (κ2) is 6.53. The molecule has 0 bridgehead atoms. The van der Waals surface area contributed by atoms with Crippen molar-refractivity contribution in [2.45, 2.75) is 45.6 Å². The van der Waals surface area contributed by atoms with Crippen LogP contribution < -0.4 is 5.32 Å². The summed E-state index contributed by atoms with van der Waals surface area (Å²) in [4.78, 5) is 0. The predicted molar refractivity (Wildman–Crippen MR) is 43.0 cm³/mol. The van der Waals surface area contributed by atoms with E-state index in [4.69, 9.17) is 0 Å². The van der Waals surface area contributed by atoms with Crippen molar-refractivity contribution < 1.29 is 8.78 Å². The average molecular weight is 165 g/mol. The highest BCUT2D eigenvalue weighted by molar-refractivity contribution is 4.64. The lowest BCUT2D eigenvalue weighted by Gasteiger charge is -2.12. The zero-order valence-electron chi connectivity index (χ0n) is 7.24. The molecule has 0 heterocycles. The third-order valence-corrected chi connectivity index (χ3v) is 1.55. The summed E-state index contributed by atoms with van der Waals surface area (Å²) in [5.41, 5.74) is 0. The smallest absolute Gasteiger partial charge is 0.182 e. The molecule has 0 radical (unpaired) electrons. The first-order valence-electron chi connectivity index (χ1n) is 4.23. The van der Waals surface area contributed by atoms with Gasteiger partial charge in [-0.25, -0.2) is 8.78 Å². The standard InChI is InChI=1S/C8H17F2N/c1-3-5-6-7(9)8(10)11-4-2/h7-8,11H,3-6H2,1-2H3. The van der Waals surface area contributed by atoms with Gasteiger partial charge in [-0.3, -0.25) is 5.32 Å². The molecule has 0 saturated heterocycles. The van der Waals surface area contributed by atoms with Crippen LogP contribution >= 0.6 is 0 Å². The van der Waals surface area contributed by atoms with Crippen LogP contribution in [-0.4, -0.2) is 19.0 Å². The molecule has 0 fully saturated rings. The lowest BCUT2D eigenvalue weighted by molar-refractivity contribution is 0.127. The molecule has 0 aliphatic carbocycles. The first-order valence-corrected chi connectivity index (χ1v) is 4.23. The molecule has 1 N–H and O–H groups in total. The van der Waals surface area contributed by atoms with E-state index >= 15 is 0 Å². The van der Waals surface area contributed by atoms with E-state index < -0.39 is 12.5 Å². The molecular formula is C8H17F2N. The van der Waals surface area contributed by atoms with Gasteiger partial charge in [0.25, 0.3) is 0 Å². The summed E-state index contributed by atoms with van der Waals surface area (Å²) in [5.74, 6) is 0. The molecule has 0 amide bonds. The quantitative estimate of drug-likeness (QED) is 0.596. The number of halogens is 2. The molecule has 0 spiro atoms. The molecule has 0 aromatic carbocycles. The van der Waals surface area contributed by atoms with Crippen molar-refractivity contribution >= 4 is 0 Å². The van der Waals surface area contributed by atoms with Crippen LogP contribution in [0.1, 0.15) is 33.1 Å². The Morgan fingerprint density at radius 2 is 1.91 bits per heavy atom. The van der Waals surface area contributed by atoms with Crippen LogP contribution in [0.2, 0.25) is 0 Å². The first-order chi connectivity index (χ1) is 5.22. The van der Waals surface area contributed by atoms with Crippen LogP contribution in [-0.2, 0) is 0 Å². The van der Waals surface area contributed by atoms with Gasteiger partial charge in [0.2, 0.25) is 0 Å². The average Bonchev–Trinajstić information content (AvgIpc) is 2.00. The highest BCUT2D eigenvalue weighted by Crippen LogP contribution is 2.09. The molecule has 2 atom stereocenters. The zero-order valence-corrected chi connectivity index (χ0v) is 7.24. The van der Waals surface area contributed by atoms with Crippen LogP contribution in [0, 0.1) is 0 Å². The molecule has 0 aromatic heterocycles. The normalized spacial score (nSPS) is 16.4. The number of hydrogen-bond acceptors (Lipinski definition) is 1. The van der Waals surface area contributed by atoms with Crippen molar-refractivity contribution in [1.82, 2.24) is 5.32 Å². The Bertz CT molecular complexity index is 88.2. The van der Waals surface area contributed by atoms with Gasteiger partial charge in [-0.05, 0) is 13.0 Å². The monoisotopic (exact) mass is 165 g/mol. The minimum absolute atomic E-state index is 0.324. The van der Waals surface area contributed by atoms with Crippen molar-refractivity contribution in [3.05, 3.63) is 0 Å². The molecule has 3 heteroatoms. The number of unbranched alkanes of at least 4 members (excludes halogenated alkanes) is 1. The van der Waals surface area contributed by atoms with Crippen molar-refractivity contribution in [2.24, 2.45) is 0 Å². The zero-order chi connectivity index (χ0) is 8.69. The molecule has 68 valence electrons. The summed E-state index contributed by atoms with van der Waals surface area (Å²) in [7, 11) is 0. The molecule has 0 rings (SSSR count). The fraction of sp³-hybridized carbons (Fsp3) is 1.00. The van der Waals surface area contributed by atoms with Crippen molar-refractivity contribution in [1.29, 1.82) is 0 Å². The van der Waals surface area contributed by atoms with E-state index in [2.05, 4.69) is 5.32 Å². The molecule has 0 aromatic rings. The van der Waals surface area contributed by atoms with Crippen LogP contribution in [0.5, 0.6) is 0 Å². The maximum atomic E-state index is 12.7. The van der Waals surface area contributed by atoms with E-state index in [9.17, 15) is 8.78 Å². The largest absolute Gasteiger partial charge is 0.286 e. The van der Waals surface area contributed by atoms with Crippen molar-refractivity contribution in [3.63, 3.8) is 0 Å². The minimum atomic E-state index is -1.48. The van der Waals surface area contributed by atoms with Crippen molar-refractivity contribution in [2.75, 3.05) is 6.54 Å². The summed E-state index contributed by atoms with van der Waals surface area (Å²) in [5, 5.41) is 2.41. The van der Waals surface area contributed by atoms with Gasteiger partial charge in [0.05, 0.1) is 0 Å². The Labute approximate surface area is 67.2 Å². The van der Waals surface area contributed by atoms with E-state index in [1.807, 2.05) is 6.92 Å².